The third-order valence-corrected chi connectivity index (χ3v) is 6.78. The molecule has 3 aromatic carbocycles. The van der Waals surface area contributed by atoms with Crippen molar-refractivity contribution in [3.63, 3.8) is 0 Å². The van der Waals surface area contributed by atoms with Gasteiger partial charge in [0.25, 0.3) is 5.91 Å². The molecule has 7 heteroatoms. The van der Waals surface area contributed by atoms with Crippen molar-refractivity contribution in [2.24, 2.45) is 0 Å². The summed E-state index contributed by atoms with van der Waals surface area (Å²) >= 11 is 1.55. The molecule has 0 saturated carbocycles. The molecule has 1 atom stereocenters. The molecule has 0 spiro atoms. The van der Waals surface area contributed by atoms with Crippen LogP contribution in [-0.2, 0) is 22.7 Å². The van der Waals surface area contributed by atoms with E-state index in [1.165, 1.54) is 5.56 Å². The standard InChI is InChI=1S/C30H35NO4S.Li.H/c1-20(2)24-10-7-9-22(16-24)18-35-19-23-12-13-26(27(17-23)25-11-6-5-8-21(25)3)29(32)31-28(30(33)34)14-15-36-4;;/h5-13,16-17,20,28H,14-15,18-19H2,1-4H3,(H,31,32)(H,33,34);;/t28-;;/m0../s1. The fourth-order valence-electron chi connectivity index (χ4n) is 4.03. The van der Waals surface area contributed by atoms with Gasteiger partial charge in [-0.3, -0.25) is 4.79 Å². The van der Waals surface area contributed by atoms with Crippen LogP contribution >= 0.6 is 11.8 Å². The number of carboxylic acids is 1. The van der Waals surface area contributed by atoms with Crippen molar-refractivity contribution in [2.45, 2.75) is 52.4 Å². The van der Waals surface area contributed by atoms with E-state index in [1.807, 2.05) is 49.6 Å². The van der Waals surface area contributed by atoms with Crippen LogP contribution in [0.15, 0.2) is 66.7 Å². The van der Waals surface area contributed by atoms with Gasteiger partial charge in [0.1, 0.15) is 6.04 Å². The van der Waals surface area contributed by atoms with Gasteiger partial charge in [-0.05, 0) is 76.8 Å². The van der Waals surface area contributed by atoms with Gasteiger partial charge in [0.05, 0.1) is 13.2 Å². The molecule has 37 heavy (non-hydrogen) atoms. The number of carbonyl (C=O) groups excluding carboxylic acids is 1. The molecular weight excluding hydrogens is 477 g/mol. The third kappa shape index (κ3) is 8.79. The summed E-state index contributed by atoms with van der Waals surface area (Å²) in [6.07, 6.45) is 2.28. The van der Waals surface area contributed by atoms with Crippen LogP contribution in [0.25, 0.3) is 11.1 Å². The Labute approximate surface area is 236 Å². The summed E-state index contributed by atoms with van der Waals surface area (Å²) in [5, 5.41) is 12.3. The Morgan fingerprint density at radius 2 is 1.65 bits per heavy atom. The topological polar surface area (TPSA) is 75.6 Å². The van der Waals surface area contributed by atoms with E-state index < -0.39 is 12.0 Å². The second-order valence-electron chi connectivity index (χ2n) is 9.23. The Kier molecular flexibility index (Phi) is 12.5. The molecule has 1 amide bonds. The van der Waals surface area contributed by atoms with E-state index in [-0.39, 0.29) is 24.8 Å². The van der Waals surface area contributed by atoms with Crippen LogP contribution in [0.2, 0.25) is 0 Å². The normalized spacial score (nSPS) is 11.6. The molecule has 3 aromatic rings. The molecule has 0 saturated heterocycles. The summed E-state index contributed by atoms with van der Waals surface area (Å²) in [5.41, 5.74) is 6.54. The zero-order valence-corrected chi connectivity index (χ0v) is 22.2. The molecule has 0 radical (unpaired) electrons. The van der Waals surface area contributed by atoms with Gasteiger partial charge in [-0.1, -0.05) is 68.4 Å². The second kappa shape index (κ2) is 15.0. The summed E-state index contributed by atoms with van der Waals surface area (Å²) in [5.74, 6) is -0.305. The fraction of sp³-hybridized carbons (Fsp3) is 0.333. The van der Waals surface area contributed by atoms with E-state index in [0.717, 1.165) is 27.8 Å². The molecule has 0 heterocycles. The first-order valence-corrected chi connectivity index (χ1v) is 13.6. The maximum absolute atomic E-state index is 13.2. The van der Waals surface area contributed by atoms with E-state index in [9.17, 15) is 14.7 Å². The van der Waals surface area contributed by atoms with Crippen LogP contribution in [0.3, 0.4) is 0 Å². The number of benzene rings is 3. The van der Waals surface area contributed by atoms with Gasteiger partial charge < -0.3 is 15.2 Å². The van der Waals surface area contributed by atoms with Gasteiger partial charge in [0.2, 0.25) is 0 Å². The first kappa shape index (κ1) is 30.7. The molecule has 0 aliphatic carbocycles. The summed E-state index contributed by atoms with van der Waals surface area (Å²) < 4.78 is 6.02. The van der Waals surface area contributed by atoms with Crippen molar-refractivity contribution in [1.82, 2.24) is 5.32 Å². The SMILES string of the molecule is CSCC[C@H](NC(=O)c1ccc(COCc2cccc(C(C)C)c2)cc1-c1ccccc1C)C(=O)O.[LiH]. The first-order chi connectivity index (χ1) is 17.3. The van der Waals surface area contributed by atoms with E-state index in [0.29, 0.717) is 36.9 Å². The van der Waals surface area contributed by atoms with Crippen LogP contribution in [0.4, 0.5) is 0 Å². The number of hydrogen-bond acceptors (Lipinski definition) is 4. The molecule has 0 fully saturated rings. The fourth-order valence-corrected chi connectivity index (χ4v) is 4.51. The first-order valence-electron chi connectivity index (χ1n) is 12.2. The molecule has 0 aromatic heterocycles. The molecule has 3 rings (SSSR count). The average Bonchev–Trinajstić information content (AvgIpc) is 2.86. The minimum atomic E-state index is -1.03. The average molecular weight is 514 g/mol. The summed E-state index contributed by atoms with van der Waals surface area (Å²) in [7, 11) is 0. The van der Waals surface area contributed by atoms with E-state index in [2.05, 4.69) is 43.4 Å². The monoisotopic (exact) mass is 513 g/mol. The van der Waals surface area contributed by atoms with Gasteiger partial charge in [-0.25, -0.2) is 4.79 Å². The quantitative estimate of drug-likeness (QED) is 0.300. The predicted molar refractivity (Wildman–Crippen MR) is 155 cm³/mol. The minimum absolute atomic E-state index is 0. The third-order valence-electron chi connectivity index (χ3n) is 6.13. The number of hydrogen-bond donors (Lipinski definition) is 2. The number of carbonyl (C=O) groups is 2. The number of thioether (sulfide) groups is 1. The molecule has 0 unspecified atom stereocenters. The van der Waals surface area contributed by atoms with E-state index in [1.54, 1.807) is 17.8 Å². The van der Waals surface area contributed by atoms with Crippen LogP contribution in [-0.4, -0.2) is 53.9 Å². The van der Waals surface area contributed by atoms with Crippen molar-refractivity contribution in [2.75, 3.05) is 12.0 Å². The second-order valence-corrected chi connectivity index (χ2v) is 10.2. The Hall–Kier alpha value is -2.49. The number of nitrogens with one attached hydrogen (secondary N) is 1. The molecule has 2 N–H and O–H groups in total. The summed E-state index contributed by atoms with van der Waals surface area (Å²) in [6, 6.07) is 21.0. The number of ether oxygens (including phenoxy) is 1. The zero-order valence-electron chi connectivity index (χ0n) is 21.4. The zero-order chi connectivity index (χ0) is 26.1. The number of amides is 1. The molecule has 192 valence electrons. The predicted octanol–water partition coefficient (Wildman–Crippen LogP) is 5.79. The number of carboxylic acid groups (broad SMARTS) is 1. The van der Waals surface area contributed by atoms with Crippen LogP contribution in [0, 0.1) is 6.92 Å². The van der Waals surface area contributed by atoms with Crippen molar-refractivity contribution in [3.05, 3.63) is 94.5 Å². The van der Waals surface area contributed by atoms with E-state index >= 15 is 0 Å². The summed E-state index contributed by atoms with van der Waals surface area (Å²) in [4.78, 5) is 24.9. The Morgan fingerprint density at radius 3 is 2.30 bits per heavy atom. The Morgan fingerprint density at radius 1 is 0.946 bits per heavy atom. The van der Waals surface area contributed by atoms with Gasteiger partial charge >= 0.3 is 24.8 Å². The van der Waals surface area contributed by atoms with Crippen LogP contribution in [0.5, 0.6) is 0 Å². The number of aryl methyl sites for hydroxylation is 1. The molecule has 0 aliphatic heterocycles. The van der Waals surface area contributed by atoms with Crippen molar-refractivity contribution in [1.29, 1.82) is 0 Å². The van der Waals surface area contributed by atoms with Gasteiger partial charge in [0, 0.05) is 5.56 Å². The molecule has 5 nitrogen and oxygen atoms in total. The number of rotatable bonds is 12. The molecular formula is C30H36LiNO4S. The maximum atomic E-state index is 13.2. The Bertz CT molecular complexity index is 1200. The van der Waals surface area contributed by atoms with Crippen LogP contribution in [0.1, 0.15) is 58.8 Å². The Balaban J connectivity index is 0.00000481. The van der Waals surface area contributed by atoms with Gasteiger partial charge in [-0.15, -0.1) is 0 Å². The van der Waals surface area contributed by atoms with Crippen molar-refractivity contribution < 1.29 is 19.4 Å². The van der Waals surface area contributed by atoms with E-state index in [4.69, 9.17) is 4.74 Å². The molecule has 0 aliphatic rings. The van der Waals surface area contributed by atoms with Crippen molar-refractivity contribution >= 4 is 42.5 Å². The van der Waals surface area contributed by atoms with Gasteiger partial charge in [-0.2, -0.15) is 11.8 Å². The van der Waals surface area contributed by atoms with Crippen molar-refractivity contribution in [3.8, 4) is 11.1 Å². The molecule has 0 bridgehead atoms. The van der Waals surface area contributed by atoms with Crippen LogP contribution < -0.4 is 5.32 Å². The number of aliphatic carboxylic acids is 1. The summed E-state index contributed by atoms with van der Waals surface area (Å²) in [6.45, 7) is 7.25. The van der Waals surface area contributed by atoms with Gasteiger partial charge in [0.15, 0.2) is 0 Å².